The van der Waals surface area contributed by atoms with Crippen molar-refractivity contribution in [3.8, 4) is 10.4 Å². The zero-order chi connectivity index (χ0) is 16.2. The van der Waals surface area contributed by atoms with Gasteiger partial charge in [0, 0.05) is 36.0 Å². The fourth-order valence-electron chi connectivity index (χ4n) is 2.80. The van der Waals surface area contributed by atoms with Crippen LogP contribution >= 0.6 is 11.3 Å². The van der Waals surface area contributed by atoms with Gasteiger partial charge in [0.05, 0.1) is 5.56 Å². The summed E-state index contributed by atoms with van der Waals surface area (Å²) in [7, 11) is 0. The Morgan fingerprint density at radius 3 is 2.43 bits per heavy atom. The van der Waals surface area contributed by atoms with E-state index in [1.807, 2.05) is 40.6 Å². The molecule has 0 aliphatic carbocycles. The Morgan fingerprint density at radius 2 is 1.78 bits per heavy atom. The Morgan fingerprint density at radius 1 is 1.09 bits per heavy atom. The zero-order valence-electron chi connectivity index (χ0n) is 13.2. The molecular weight excluding hydrogens is 308 g/mol. The number of anilines is 1. The Bertz CT molecular complexity index is 700. The van der Waals surface area contributed by atoms with Crippen LogP contribution in [0.15, 0.2) is 35.7 Å². The molecule has 2 heterocycles. The molecule has 23 heavy (non-hydrogen) atoms. The number of piperidine rings is 1. The molecule has 2 aromatic rings. The highest BCUT2D eigenvalue weighted by Gasteiger charge is 2.19. The molecule has 1 aliphatic heterocycles. The van der Waals surface area contributed by atoms with Crippen molar-refractivity contribution in [3.05, 3.63) is 41.3 Å². The van der Waals surface area contributed by atoms with E-state index in [2.05, 4.69) is 5.32 Å². The van der Waals surface area contributed by atoms with E-state index < -0.39 is 0 Å². The van der Waals surface area contributed by atoms with Gasteiger partial charge in [-0.2, -0.15) is 0 Å². The van der Waals surface area contributed by atoms with Crippen LogP contribution in [0.25, 0.3) is 10.4 Å². The number of rotatable bonds is 3. The van der Waals surface area contributed by atoms with Gasteiger partial charge >= 0.3 is 0 Å². The van der Waals surface area contributed by atoms with Crippen molar-refractivity contribution >= 4 is 28.8 Å². The number of hydrogen-bond donors (Lipinski definition) is 1. The van der Waals surface area contributed by atoms with E-state index >= 15 is 0 Å². The van der Waals surface area contributed by atoms with Crippen LogP contribution in [0.2, 0.25) is 0 Å². The van der Waals surface area contributed by atoms with E-state index in [0.29, 0.717) is 0 Å². The summed E-state index contributed by atoms with van der Waals surface area (Å²) in [5, 5.41) is 4.69. The van der Waals surface area contributed by atoms with Gasteiger partial charge < -0.3 is 10.2 Å². The first kappa shape index (κ1) is 15.7. The van der Waals surface area contributed by atoms with E-state index in [9.17, 15) is 9.59 Å². The molecule has 4 nitrogen and oxygen atoms in total. The van der Waals surface area contributed by atoms with Gasteiger partial charge in [0.25, 0.3) is 5.91 Å². The van der Waals surface area contributed by atoms with E-state index in [4.69, 9.17) is 0 Å². The van der Waals surface area contributed by atoms with E-state index in [-0.39, 0.29) is 11.8 Å². The molecule has 3 rings (SSSR count). The lowest BCUT2D eigenvalue weighted by Crippen LogP contribution is -2.35. The molecule has 1 saturated heterocycles. The second-order valence-corrected chi connectivity index (χ2v) is 6.72. The highest BCUT2D eigenvalue weighted by atomic mass is 32.1. The first-order valence-corrected chi connectivity index (χ1v) is 8.77. The fraction of sp³-hybridized carbons (Fsp3) is 0.333. The van der Waals surface area contributed by atoms with E-state index in [1.165, 1.54) is 13.3 Å². The maximum atomic E-state index is 12.5. The van der Waals surface area contributed by atoms with Gasteiger partial charge in [-0.15, -0.1) is 11.3 Å². The minimum atomic E-state index is -0.0803. The number of carbonyl (C=O) groups excluding carboxylic acids is 2. The fourth-order valence-corrected chi connectivity index (χ4v) is 3.69. The van der Waals surface area contributed by atoms with Gasteiger partial charge in [-0.25, -0.2) is 0 Å². The summed E-state index contributed by atoms with van der Waals surface area (Å²) >= 11 is 1.58. The average Bonchev–Trinajstić information content (AvgIpc) is 3.05. The summed E-state index contributed by atoms with van der Waals surface area (Å²) in [4.78, 5) is 26.6. The van der Waals surface area contributed by atoms with Gasteiger partial charge in [-0.1, -0.05) is 12.1 Å². The van der Waals surface area contributed by atoms with Crippen LogP contribution in [0.5, 0.6) is 0 Å². The van der Waals surface area contributed by atoms with Crippen molar-refractivity contribution in [1.29, 1.82) is 0 Å². The second kappa shape index (κ2) is 6.96. The summed E-state index contributed by atoms with van der Waals surface area (Å²) in [6, 6.07) is 9.65. The minimum absolute atomic E-state index is 0.0803. The molecule has 0 bridgehead atoms. The lowest BCUT2D eigenvalue weighted by atomic mass is 10.1. The topological polar surface area (TPSA) is 49.4 Å². The zero-order valence-corrected chi connectivity index (χ0v) is 14.0. The van der Waals surface area contributed by atoms with Crippen LogP contribution in [0.3, 0.4) is 0 Å². The van der Waals surface area contributed by atoms with Gasteiger partial charge in [-0.05, 0) is 43.0 Å². The maximum absolute atomic E-state index is 12.5. The van der Waals surface area contributed by atoms with Crippen LogP contribution in [-0.2, 0) is 4.79 Å². The second-order valence-electron chi connectivity index (χ2n) is 5.81. The normalized spacial score (nSPS) is 14.6. The molecule has 1 aliphatic rings. The molecule has 0 spiro atoms. The molecule has 0 radical (unpaired) electrons. The predicted molar refractivity (Wildman–Crippen MR) is 93.8 cm³/mol. The molecule has 1 aromatic carbocycles. The minimum Gasteiger partial charge on any atom is -0.339 e. The highest BCUT2D eigenvalue weighted by molar-refractivity contribution is 7.13. The third-order valence-electron chi connectivity index (χ3n) is 3.98. The van der Waals surface area contributed by atoms with Crippen molar-refractivity contribution < 1.29 is 9.59 Å². The highest BCUT2D eigenvalue weighted by Crippen LogP contribution is 2.29. The van der Waals surface area contributed by atoms with Gasteiger partial charge in [-0.3, -0.25) is 9.59 Å². The molecule has 5 heteroatoms. The third kappa shape index (κ3) is 3.79. The van der Waals surface area contributed by atoms with E-state index in [0.717, 1.165) is 47.6 Å². The van der Waals surface area contributed by atoms with Crippen molar-refractivity contribution in [1.82, 2.24) is 4.90 Å². The summed E-state index contributed by atoms with van der Waals surface area (Å²) in [6.45, 7) is 3.23. The summed E-state index contributed by atoms with van der Waals surface area (Å²) in [5.74, 6) is 0.0605. The third-order valence-corrected chi connectivity index (χ3v) is 4.96. The van der Waals surface area contributed by atoms with Crippen LogP contribution in [-0.4, -0.2) is 29.8 Å². The van der Waals surface area contributed by atoms with Gasteiger partial charge in [0.1, 0.15) is 0 Å². The smallest absolute Gasteiger partial charge is 0.254 e. The molecule has 120 valence electrons. The first-order chi connectivity index (χ1) is 11.1. The molecule has 0 atom stereocenters. The Labute approximate surface area is 140 Å². The average molecular weight is 328 g/mol. The van der Waals surface area contributed by atoms with Crippen LogP contribution < -0.4 is 5.32 Å². The van der Waals surface area contributed by atoms with Crippen molar-refractivity contribution in [2.24, 2.45) is 0 Å². The number of benzene rings is 1. The van der Waals surface area contributed by atoms with Crippen molar-refractivity contribution in [2.75, 3.05) is 18.4 Å². The molecule has 0 unspecified atom stereocenters. The Kier molecular flexibility index (Phi) is 4.76. The SMILES string of the molecule is CC(=O)Nc1ccc(-c2cc(C(=O)N3CCCCC3)cs2)cc1. The lowest BCUT2D eigenvalue weighted by Gasteiger charge is -2.26. The molecule has 1 fully saturated rings. The monoisotopic (exact) mass is 328 g/mol. The van der Waals surface area contributed by atoms with Crippen molar-refractivity contribution in [2.45, 2.75) is 26.2 Å². The number of amides is 2. The largest absolute Gasteiger partial charge is 0.339 e. The number of carbonyl (C=O) groups is 2. The number of nitrogens with zero attached hydrogens (tertiary/aromatic N) is 1. The Balaban J connectivity index is 1.73. The molecule has 1 aromatic heterocycles. The molecular formula is C18H20N2O2S. The first-order valence-electron chi connectivity index (χ1n) is 7.89. The van der Waals surface area contributed by atoms with Crippen LogP contribution in [0, 0.1) is 0 Å². The van der Waals surface area contributed by atoms with Crippen molar-refractivity contribution in [3.63, 3.8) is 0 Å². The number of thiophene rings is 1. The number of likely N-dealkylation sites (tertiary alicyclic amines) is 1. The van der Waals surface area contributed by atoms with Gasteiger partial charge in [0.15, 0.2) is 0 Å². The maximum Gasteiger partial charge on any atom is 0.254 e. The number of nitrogens with one attached hydrogen (secondary N) is 1. The predicted octanol–water partition coefficient (Wildman–Crippen LogP) is 4.00. The lowest BCUT2D eigenvalue weighted by molar-refractivity contribution is -0.114. The van der Waals surface area contributed by atoms with Crippen LogP contribution in [0.4, 0.5) is 5.69 Å². The molecule has 2 amide bonds. The summed E-state index contributed by atoms with van der Waals surface area (Å²) < 4.78 is 0. The Hall–Kier alpha value is -2.14. The summed E-state index contributed by atoms with van der Waals surface area (Å²) in [5.41, 5.74) is 2.61. The number of hydrogen-bond acceptors (Lipinski definition) is 3. The van der Waals surface area contributed by atoms with Gasteiger partial charge in [0.2, 0.25) is 5.91 Å². The molecule has 1 N–H and O–H groups in total. The standard InChI is InChI=1S/C18H20N2O2S/c1-13(21)19-16-7-5-14(6-8-16)17-11-15(12-23-17)18(22)20-9-3-2-4-10-20/h5-8,11-12H,2-4,9-10H2,1H3,(H,19,21). The van der Waals surface area contributed by atoms with Crippen LogP contribution in [0.1, 0.15) is 36.5 Å². The summed E-state index contributed by atoms with van der Waals surface area (Å²) in [6.07, 6.45) is 3.43. The quantitative estimate of drug-likeness (QED) is 0.926. The van der Waals surface area contributed by atoms with E-state index in [1.54, 1.807) is 11.3 Å². The molecule has 0 saturated carbocycles.